The minimum atomic E-state index is -0.547. The molecule has 0 aromatic heterocycles. The van der Waals surface area contributed by atoms with E-state index in [0.717, 1.165) is 32.2 Å². The Labute approximate surface area is 184 Å². The number of amides is 3. The van der Waals surface area contributed by atoms with Crippen LogP contribution < -0.4 is 5.32 Å². The van der Waals surface area contributed by atoms with Crippen LogP contribution in [0, 0.1) is 5.41 Å². The van der Waals surface area contributed by atoms with E-state index in [9.17, 15) is 14.4 Å². The first-order valence-electron chi connectivity index (χ1n) is 11.4. The molecule has 0 radical (unpaired) electrons. The highest BCUT2D eigenvalue weighted by Gasteiger charge is 2.55. The molecule has 3 amide bonds. The van der Waals surface area contributed by atoms with Gasteiger partial charge < -0.3 is 19.9 Å². The summed E-state index contributed by atoms with van der Waals surface area (Å²) in [4.78, 5) is 43.0. The molecule has 1 spiro atoms. The van der Waals surface area contributed by atoms with Gasteiger partial charge >= 0.3 is 0 Å². The molecule has 3 saturated heterocycles. The topological polar surface area (TPSA) is 79.0 Å². The zero-order valence-corrected chi connectivity index (χ0v) is 18.6. The lowest BCUT2D eigenvalue weighted by atomic mass is 9.74. The number of hydrogen-bond donors (Lipinski definition) is 1. The van der Waals surface area contributed by atoms with Gasteiger partial charge in [-0.2, -0.15) is 0 Å². The van der Waals surface area contributed by atoms with E-state index in [0.29, 0.717) is 38.3 Å². The smallest absolute Gasteiger partial charge is 0.251 e. The highest BCUT2D eigenvalue weighted by Crippen LogP contribution is 2.43. The lowest BCUT2D eigenvalue weighted by molar-refractivity contribution is -0.189. The average molecular weight is 428 g/mol. The Morgan fingerprint density at radius 3 is 2.45 bits per heavy atom. The number of carbonyl (C=O) groups excluding carboxylic acids is 3. The van der Waals surface area contributed by atoms with Crippen LogP contribution in [0.25, 0.3) is 0 Å². The zero-order valence-electron chi connectivity index (χ0n) is 18.6. The number of nitrogens with zero attached hydrogens (tertiary/aromatic N) is 2. The quantitative estimate of drug-likeness (QED) is 0.755. The third kappa shape index (κ3) is 4.07. The monoisotopic (exact) mass is 427 g/mol. The second-order valence-corrected chi connectivity index (χ2v) is 9.53. The number of nitrogens with one attached hydrogen (secondary N) is 1. The van der Waals surface area contributed by atoms with Crippen molar-refractivity contribution in [3.05, 3.63) is 35.9 Å². The third-order valence-electron chi connectivity index (χ3n) is 7.06. The fourth-order valence-electron chi connectivity index (χ4n) is 5.04. The Bertz CT molecular complexity index is 838. The minimum Gasteiger partial charge on any atom is -0.379 e. The normalized spacial score (nSPS) is 25.4. The zero-order chi connectivity index (χ0) is 22.1. The molecule has 0 saturated carbocycles. The summed E-state index contributed by atoms with van der Waals surface area (Å²) in [6.45, 7) is 6.91. The van der Waals surface area contributed by atoms with E-state index in [1.165, 1.54) is 0 Å². The van der Waals surface area contributed by atoms with Crippen molar-refractivity contribution in [3.8, 4) is 0 Å². The Hall–Kier alpha value is -2.41. The van der Waals surface area contributed by atoms with Crippen LogP contribution in [0.15, 0.2) is 30.3 Å². The number of likely N-dealkylation sites (tertiary alicyclic amines) is 2. The summed E-state index contributed by atoms with van der Waals surface area (Å²) in [5, 5.41) is 2.94. The van der Waals surface area contributed by atoms with Gasteiger partial charge in [0.2, 0.25) is 11.8 Å². The van der Waals surface area contributed by atoms with Crippen LogP contribution in [0.2, 0.25) is 0 Å². The molecule has 3 fully saturated rings. The summed E-state index contributed by atoms with van der Waals surface area (Å²) in [6.07, 6.45) is 4.11. The summed E-state index contributed by atoms with van der Waals surface area (Å²) in [7, 11) is 0. The molecular weight excluding hydrogens is 394 g/mol. The molecule has 1 N–H and O–H groups in total. The van der Waals surface area contributed by atoms with Gasteiger partial charge in [0.05, 0.1) is 24.2 Å². The number of benzene rings is 1. The minimum absolute atomic E-state index is 0.0392. The molecule has 3 aliphatic rings. The van der Waals surface area contributed by atoms with E-state index >= 15 is 0 Å². The summed E-state index contributed by atoms with van der Waals surface area (Å²) >= 11 is 0. The van der Waals surface area contributed by atoms with Crippen molar-refractivity contribution in [1.82, 2.24) is 15.1 Å². The van der Waals surface area contributed by atoms with Gasteiger partial charge in [0.15, 0.2) is 0 Å². The van der Waals surface area contributed by atoms with Gasteiger partial charge in [-0.15, -0.1) is 0 Å². The Kier molecular flexibility index (Phi) is 6.06. The summed E-state index contributed by atoms with van der Waals surface area (Å²) in [5.74, 6) is -0.109. The molecular formula is C24H33N3O4. The predicted molar refractivity (Wildman–Crippen MR) is 116 cm³/mol. The van der Waals surface area contributed by atoms with Crippen molar-refractivity contribution in [2.45, 2.75) is 57.5 Å². The highest BCUT2D eigenvalue weighted by atomic mass is 16.5. The maximum absolute atomic E-state index is 13.4. The van der Waals surface area contributed by atoms with Crippen LogP contribution in [0.1, 0.15) is 56.3 Å². The van der Waals surface area contributed by atoms with Gasteiger partial charge in [-0.1, -0.05) is 31.5 Å². The standard InChI is InChI=1S/C24H33N3O4/c1-3-8-19(25-20(28)18-9-5-4-6-10-18)21(29)26-13-7-11-24(15-26)12-14-27(24)22(30)23(2)16-31-17-23/h4-6,9-10,19H,3,7-8,11-17H2,1-2H3,(H,25,28)/t19-,24?/m0/s1. The molecule has 1 aromatic carbocycles. The van der Waals surface area contributed by atoms with Gasteiger partial charge in [-0.05, 0) is 44.7 Å². The van der Waals surface area contributed by atoms with Crippen LogP contribution in [-0.4, -0.2) is 72.0 Å². The number of ether oxygens (including phenoxy) is 1. The number of rotatable bonds is 6. The average Bonchev–Trinajstić information content (AvgIpc) is 2.76. The Morgan fingerprint density at radius 1 is 1.13 bits per heavy atom. The van der Waals surface area contributed by atoms with Crippen LogP contribution in [0.3, 0.4) is 0 Å². The van der Waals surface area contributed by atoms with E-state index in [2.05, 4.69) is 5.32 Å². The lowest BCUT2D eigenvalue weighted by Gasteiger charge is -2.59. The lowest BCUT2D eigenvalue weighted by Crippen LogP contribution is -2.72. The van der Waals surface area contributed by atoms with E-state index in [1.807, 2.05) is 41.8 Å². The van der Waals surface area contributed by atoms with Gasteiger partial charge in [0.1, 0.15) is 6.04 Å². The SMILES string of the molecule is CCC[C@H](NC(=O)c1ccccc1)C(=O)N1CCCC2(CCN2C(=O)C2(C)COC2)C1. The highest BCUT2D eigenvalue weighted by molar-refractivity contribution is 5.97. The fraction of sp³-hybridized carbons (Fsp3) is 0.625. The van der Waals surface area contributed by atoms with Gasteiger partial charge in [0.25, 0.3) is 5.91 Å². The van der Waals surface area contributed by atoms with Gasteiger partial charge in [-0.3, -0.25) is 14.4 Å². The summed E-state index contributed by atoms with van der Waals surface area (Å²) in [6, 6.07) is 8.45. The predicted octanol–water partition coefficient (Wildman–Crippen LogP) is 2.22. The molecule has 7 nitrogen and oxygen atoms in total. The van der Waals surface area contributed by atoms with E-state index in [-0.39, 0.29) is 23.3 Å². The maximum Gasteiger partial charge on any atom is 0.251 e. The molecule has 0 bridgehead atoms. The van der Waals surface area contributed by atoms with Crippen LogP contribution in [0.5, 0.6) is 0 Å². The van der Waals surface area contributed by atoms with Crippen molar-refractivity contribution in [2.75, 3.05) is 32.8 Å². The maximum atomic E-state index is 13.4. The van der Waals surface area contributed by atoms with Crippen molar-refractivity contribution in [1.29, 1.82) is 0 Å². The molecule has 4 rings (SSSR count). The fourth-order valence-corrected chi connectivity index (χ4v) is 5.04. The first kappa shape index (κ1) is 21.8. The van der Waals surface area contributed by atoms with Crippen molar-refractivity contribution >= 4 is 17.7 Å². The second-order valence-electron chi connectivity index (χ2n) is 9.53. The first-order chi connectivity index (χ1) is 14.9. The van der Waals surface area contributed by atoms with Crippen LogP contribution in [-0.2, 0) is 14.3 Å². The molecule has 2 atom stereocenters. The molecule has 168 valence electrons. The van der Waals surface area contributed by atoms with Crippen LogP contribution >= 0.6 is 0 Å². The number of piperidine rings is 1. The number of carbonyl (C=O) groups is 3. The van der Waals surface area contributed by atoms with Crippen molar-refractivity contribution in [2.24, 2.45) is 5.41 Å². The molecule has 31 heavy (non-hydrogen) atoms. The second kappa shape index (κ2) is 8.61. The van der Waals surface area contributed by atoms with Crippen molar-refractivity contribution in [3.63, 3.8) is 0 Å². The van der Waals surface area contributed by atoms with Gasteiger partial charge in [0, 0.05) is 25.2 Å². The van der Waals surface area contributed by atoms with E-state index in [1.54, 1.807) is 12.1 Å². The molecule has 0 aliphatic carbocycles. The largest absolute Gasteiger partial charge is 0.379 e. The van der Waals surface area contributed by atoms with E-state index < -0.39 is 11.5 Å². The molecule has 1 unspecified atom stereocenters. The van der Waals surface area contributed by atoms with Gasteiger partial charge in [-0.25, -0.2) is 0 Å². The first-order valence-corrected chi connectivity index (χ1v) is 11.4. The summed E-state index contributed by atoms with van der Waals surface area (Å²) in [5.41, 5.74) is -0.129. The molecule has 7 heteroatoms. The molecule has 3 aliphatic heterocycles. The number of hydrogen-bond acceptors (Lipinski definition) is 4. The molecule has 1 aromatic rings. The Morgan fingerprint density at radius 2 is 1.87 bits per heavy atom. The van der Waals surface area contributed by atoms with Crippen molar-refractivity contribution < 1.29 is 19.1 Å². The van der Waals surface area contributed by atoms with Crippen LogP contribution in [0.4, 0.5) is 0 Å². The summed E-state index contributed by atoms with van der Waals surface area (Å²) < 4.78 is 5.29. The third-order valence-corrected chi connectivity index (χ3v) is 7.06. The molecule has 3 heterocycles. The van der Waals surface area contributed by atoms with E-state index in [4.69, 9.17) is 4.74 Å². The Balaban J connectivity index is 1.44.